The summed E-state index contributed by atoms with van der Waals surface area (Å²) in [6, 6.07) is 4.10. The van der Waals surface area contributed by atoms with Crippen LogP contribution in [0.15, 0.2) is 18.2 Å². The maximum Gasteiger partial charge on any atom is 0.239 e. The van der Waals surface area contributed by atoms with Gasteiger partial charge in [-0.05, 0) is 19.1 Å². The molecule has 1 aliphatic heterocycles. The van der Waals surface area contributed by atoms with Crippen LogP contribution in [0.4, 0.5) is 0 Å². The quantitative estimate of drug-likeness (QED) is 0.604. The number of fused-ring (bicyclic) bond motifs is 1. The van der Waals surface area contributed by atoms with E-state index in [9.17, 15) is 9.90 Å². The molecule has 0 radical (unpaired) electrons. The van der Waals surface area contributed by atoms with E-state index in [-0.39, 0.29) is 0 Å². The van der Waals surface area contributed by atoms with Crippen LogP contribution < -0.4 is 15.8 Å². The third-order valence-electron chi connectivity index (χ3n) is 3.41. The molecule has 2 rings (SSSR count). The Morgan fingerprint density at radius 3 is 3.05 bits per heavy atom. The second kappa shape index (κ2) is 6.21. The van der Waals surface area contributed by atoms with Crippen molar-refractivity contribution in [2.45, 2.75) is 31.5 Å². The molecule has 0 fully saturated rings. The van der Waals surface area contributed by atoms with Crippen molar-refractivity contribution >= 4 is 5.91 Å². The Labute approximate surface area is 117 Å². The van der Waals surface area contributed by atoms with Gasteiger partial charge in [0.25, 0.3) is 0 Å². The second-order valence-corrected chi connectivity index (χ2v) is 5.03. The highest BCUT2D eigenvalue weighted by atomic mass is 16.5. The second-order valence-electron chi connectivity index (χ2n) is 5.03. The lowest BCUT2D eigenvalue weighted by atomic mass is 9.98. The number of aliphatic hydroxyl groups excluding tert-OH is 2. The third-order valence-corrected chi connectivity index (χ3v) is 3.41. The number of hydrogen-bond donors (Lipinski definition) is 4. The van der Waals surface area contributed by atoms with Crippen molar-refractivity contribution in [1.29, 1.82) is 0 Å². The monoisotopic (exact) mass is 280 g/mol. The normalized spacial score (nSPS) is 23.2. The highest BCUT2D eigenvalue weighted by Gasteiger charge is 2.29. The number of aryl methyl sites for hydroxylation is 1. The Morgan fingerprint density at radius 2 is 2.35 bits per heavy atom. The molecule has 110 valence electrons. The lowest BCUT2D eigenvalue weighted by Crippen LogP contribution is -2.49. The molecule has 1 aliphatic rings. The lowest BCUT2D eigenvalue weighted by Gasteiger charge is -2.23. The number of amides is 1. The zero-order valence-electron chi connectivity index (χ0n) is 11.4. The summed E-state index contributed by atoms with van der Waals surface area (Å²) in [7, 11) is 0. The number of ether oxygens (including phenoxy) is 1. The Kier molecular flexibility index (Phi) is 4.59. The van der Waals surface area contributed by atoms with Gasteiger partial charge in [-0.25, -0.2) is 0 Å². The molecule has 6 nitrogen and oxygen atoms in total. The van der Waals surface area contributed by atoms with E-state index in [4.69, 9.17) is 15.6 Å². The molecule has 3 unspecified atom stereocenters. The highest BCUT2D eigenvalue weighted by molar-refractivity contribution is 5.82. The number of aliphatic hydroxyl groups is 2. The maximum absolute atomic E-state index is 11.7. The van der Waals surface area contributed by atoms with Gasteiger partial charge in [0.15, 0.2) is 0 Å². The van der Waals surface area contributed by atoms with Gasteiger partial charge in [0.2, 0.25) is 5.91 Å². The van der Waals surface area contributed by atoms with Crippen molar-refractivity contribution < 1.29 is 19.7 Å². The molecule has 0 aromatic heterocycles. The van der Waals surface area contributed by atoms with Crippen molar-refractivity contribution in [3.8, 4) is 5.75 Å². The fraction of sp³-hybridized carbons (Fsp3) is 0.500. The SMILES string of the molecule is Cc1ccc2c(c1)C(O)C(NC(=O)C(N)CO)CCO2. The van der Waals surface area contributed by atoms with Crippen LogP contribution in [0.3, 0.4) is 0 Å². The van der Waals surface area contributed by atoms with Gasteiger partial charge < -0.3 is 26.0 Å². The first kappa shape index (κ1) is 14.8. The van der Waals surface area contributed by atoms with Gasteiger partial charge in [-0.15, -0.1) is 0 Å². The number of nitrogens with two attached hydrogens (primary N) is 1. The summed E-state index contributed by atoms with van der Waals surface area (Å²) >= 11 is 0. The molecule has 0 spiro atoms. The van der Waals surface area contributed by atoms with Gasteiger partial charge in [-0.1, -0.05) is 11.6 Å². The third kappa shape index (κ3) is 3.09. The van der Waals surface area contributed by atoms with E-state index < -0.39 is 30.7 Å². The molecule has 1 aromatic carbocycles. The molecule has 5 N–H and O–H groups in total. The van der Waals surface area contributed by atoms with Crippen molar-refractivity contribution in [3.05, 3.63) is 29.3 Å². The molecule has 0 saturated carbocycles. The van der Waals surface area contributed by atoms with Gasteiger partial charge in [-0.3, -0.25) is 4.79 Å². The molecular formula is C14H20N2O4. The van der Waals surface area contributed by atoms with Crippen molar-refractivity contribution in [2.24, 2.45) is 5.73 Å². The van der Waals surface area contributed by atoms with Crippen molar-refractivity contribution in [3.63, 3.8) is 0 Å². The van der Waals surface area contributed by atoms with Crippen LogP contribution in [0, 0.1) is 6.92 Å². The average Bonchev–Trinajstić information content (AvgIpc) is 2.59. The molecule has 0 saturated heterocycles. The minimum Gasteiger partial charge on any atom is -0.493 e. The van der Waals surface area contributed by atoms with Gasteiger partial charge in [0, 0.05) is 12.0 Å². The molecule has 1 aromatic rings. The fourth-order valence-corrected chi connectivity index (χ4v) is 2.22. The van der Waals surface area contributed by atoms with E-state index in [1.165, 1.54) is 0 Å². The van der Waals surface area contributed by atoms with Crippen LogP contribution in [0.1, 0.15) is 23.7 Å². The highest BCUT2D eigenvalue weighted by Crippen LogP contribution is 2.32. The van der Waals surface area contributed by atoms with Crippen LogP contribution >= 0.6 is 0 Å². The zero-order valence-corrected chi connectivity index (χ0v) is 11.4. The predicted molar refractivity (Wildman–Crippen MR) is 73.2 cm³/mol. The first-order chi connectivity index (χ1) is 9.52. The largest absolute Gasteiger partial charge is 0.493 e. The lowest BCUT2D eigenvalue weighted by molar-refractivity contribution is -0.124. The van der Waals surface area contributed by atoms with Crippen molar-refractivity contribution in [1.82, 2.24) is 5.32 Å². The first-order valence-electron chi connectivity index (χ1n) is 6.61. The van der Waals surface area contributed by atoms with Gasteiger partial charge >= 0.3 is 0 Å². The number of nitrogens with one attached hydrogen (secondary N) is 1. The Balaban J connectivity index is 2.18. The Bertz CT molecular complexity index is 492. The van der Waals surface area contributed by atoms with E-state index in [1.54, 1.807) is 0 Å². The van der Waals surface area contributed by atoms with Crippen LogP contribution in [0.25, 0.3) is 0 Å². The molecule has 3 atom stereocenters. The summed E-state index contributed by atoms with van der Waals surface area (Å²) in [6.07, 6.45) is -0.388. The minimum absolute atomic E-state index is 0.395. The van der Waals surface area contributed by atoms with Crippen LogP contribution in [0.5, 0.6) is 5.75 Å². The molecular weight excluding hydrogens is 260 g/mol. The summed E-state index contributed by atoms with van der Waals surface area (Å²) in [5.41, 5.74) is 7.12. The Hall–Kier alpha value is -1.63. The number of rotatable bonds is 3. The number of carbonyl (C=O) groups excluding carboxylic acids is 1. The summed E-state index contributed by atoms with van der Waals surface area (Å²) in [5, 5.41) is 22.0. The smallest absolute Gasteiger partial charge is 0.239 e. The number of hydrogen-bond acceptors (Lipinski definition) is 5. The van der Waals surface area contributed by atoms with E-state index in [0.29, 0.717) is 24.3 Å². The van der Waals surface area contributed by atoms with E-state index in [2.05, 4.69) is 5.32 Å². The summed E-state index contributed by atoms with van der Waals surface area (Å²) in [4.78, 5) is 11.7. The molecule has 0 aliphatic carbocycles. The van der Waals surface area contributed by atoms with Crippen LogP contribution in [0.2, 0.25) is 0 Å². The standard InChI is InChI=1S/C14H20N2O4/c1-8-2-3-12-9(6-8)13(18)11(4-5-20-12)16-14(19)10(15)7-17/h2-3,6,10-11,13,17-18H,4-5,7,15H2,1H3,(H,16,19). The van der Waals surface area contributed by atoms with Crippen LogP contribution in [-0.2, 0) is 4.79 Å². The number of benzene rings is 1. The van der Waals surface area contributed by atoms with Gasteiger partial charge in [-0.2, -0.15) is 0 Å². The molecule has 0 bridgehead atoms. The van der Waals surface area contributed by atoms with E-state index in [0.717, 1.165) is 5.56 Å². The summed E-state index contributed by atoms with van der Waals surface area (Å²) in [5.74, 6) is 0.152. The molecule has 20 heavy (non-hydrogen) atoms. The average molecular weight is 280 g/mol. The van der Waals surface area contributed by atoms with Gasteiger partial charge in [0.05, 0.1) is 19.3 Å². The van der Waals surface area contributed by atoms with Gasteiger partial charge in [0.1, 0.15) is 17.9 Å². The summed E-state index contributed by atoms with van der Waals surface area (Å²) < 4.78 is 5.58. The summed E-state index contributed by atoms with van der Waals surface area (Å²) in [6.45, 7) is 1.89. The first-order valence-corrected chi connectivity index (χ1v) is 6.61. The molecule has 1 amide bonds. The van der Waals surface area contributed by atoms with E-state index >= 15 is 0 Å². The maximum atomic E-state index is 11.7. The van der Waals surface area contributed by atoms with E-state index in [1.807, 2.05) is 25.1 Å². The topological polar surface area (TPSA) is 105 Å². The molecule has 6 heteroatoms. The number of carbonyl (C=O) groups is 1. The minimum atomic E-state index is -0.983. The molecule has 1 heterocycles. The predicted octanol–water partition coefficient (Wildman–Crippen LogP) is -0.385. The fourth-order valence-electron chi connectivity index (χ4n) is 2.22. The van der Waals surface area contributed by atoms with Crippen LogP contribution in [-0.4, -0.2) is 41.4 Å². The van der Waals surface area contributed by atoms with Crippen molar-refractivity contribution in [2.75, 3.05) is 13.2 Å². The Morgan fingerprint density at radius 1 is 1.60 bits per heavy atom. The zero-order chi connectivity index (χ0) is 14.7.